The van der Waals surface area contributed by atoms with Gasteiger partial charge in [0.15, 0.2) is 0 Å². The van der Waals surface area contributed by atoms with Gasteiger partial charge in [0.05, 0.1) is 11.9 Å². The number of para-hydroxylation sites is 1. The maximum atomic E-state index is 14.1. The Bertz CT molecular complexity index is 1500. The van der Waals surface area contributed by atoms with E-state index in [1.54, 1.807) is 23.1 Å². The van der Waals surface area contributed by atoms with Crippen LogP contribution in [0.15, 0.2) is 66.7 Å². The van der Waals surface area contributed by atoms with Crippen LogP contribution in [0.3, 0.4) is 0 Å². The number of sulfonamides is 1. The van der Waals surface area contributed by atoms with Gasteiger partial charge in [0, 0.05) is 41.6 Å². The van der Waals surface area contributed by atoms with Crippen molar-refractivity contribution in [3.8, 4) is 11.1 Å². The number of amides is 1. The van der Waals surface area contributed by atoms with E-state index in [0.717, 1.165) is 23.8 Å². The number of anilines is 2. The van der Waals surface area contributed by atoms with E-state index in [1.165, 1.54) is 12.1 Å². The summed E-state index contributed by atoms with van der Waals surface area (Å²) in [7, 11) is -3.44. The summed E-state index contributed by atoms with van der Waals surface area (Å²) in [6.07, 6.45) is -0.404. The number of ketones is 1. The third-order valence-corrected chi connectivity index (χ3v) is 6.96. The molecule has 1 amide bonds. The fraction of sp³-hybridized carbons (Fsp3) is 0.250. The van der Waals surface area contributed by atoms with Gasteiger partial charge in [-0.25, -0.2) is 17.6 Å². The Morgan fingerprint density at radius 2 is 1.70 bits per heavy atom. The summed E-state index contributed by atoms with van der Waals surface area (Å²) in [5.41, 5.74) is 2.96. The van der Waals surface area contributed by atoms with Crippen LogP contribution < -0.4 is 9.62 Å². The van der Waals surface area contributed by atoms with Crippen LogP contribution in [-0.4, -0.2) is 39.2 Å². The molecule has 1 heterocycles. The molecular weight excluding hydrogens is 569 g/mol. The van der Waals surface area contributed by atoms with Gasteiger partial charge >= 0.3 is 6.29 Å². The van der Waals surface area contributed by atoms with Crippen LogP contribution in [0, 0.1) is 11.7 Å². The summed E-state index contributed by atoms with van der Waals surface area (Å²) in [4.78, 5) is 35.6. The van der Waals surface area contributed by atoms with E-state index in [0.29, 0.717) is 24.3 Å². The molecule has 7 nitrogen and oxygen atoms in total. The molecule has 0 unspecified atom stereocenters. The summed E-state index contributed by atoms with van der Waals surface area (Å²) < 4.78 is 59.4. The number of halogens is 4. The van der Waals surface area contributed by atoms with E-state index >= 15 is 0 Å². The Balaban J connectivity index is 0.00000103. The van der Waals surface area contributed by atoms with Crippen molar-refractivity contribution < 1.29 is 36.0 Å². The van der Waals surface area contributed by atoms with Crippen molar-refractivity contribution >= 4 is 51.0 Å². The van der Waals surface area contributed by atoms with Crippen molar-refractivity contribution in [3.05, 3.63) is 83.1 Å². The second-order valence-corrected chi connectivity index (χ2v) is 11.4. The van der Waals surface area contributed by atoms with Gasteiger partial charge in [-0.15, -0.1) is 8.78 Å². The van der Waals surface area contributed by atoms with Gasteiger partial charge in [-0.3, -0.25) is 14.3 Å². The molecular formula is C28H26ClF3N2O5S. The first-order valence-corrected chi connectivity index (χ1v) is 14.4. The maximum Gasteiger partial charge on any atom is 0.483 e. The predicted octanol–water partition coefficient (Wildman–Crippen LogP) is 6.51. The monoisotopic (exact) mass is 594 g/mol. The number of carbonyl (C=O) groups excluding carboxylic acids is 3. The summed E-state index contributed by atoms with van der Waals surface area (Å²) in [5.74, 6) is -1.30. The second kappa shape index (κ2) is 13.6. The highest BCUT2D eigenvalue weighted by molar-refractivity contribution is 7.92. The summed E-state index contributed by atoms with van der Waals surface area (Å²) in [6.45, 7) is 0.543. The molecule has 0 aliphatic carbocycles. The molecule has 1 N–H and O–H groups in total. The highest BCUT2D eigenvalue weighted by Crippen LogP contribution is 2.32. The minimum Gasteiger partial charge on any atom is -0.312 e. The van der Waals surface area contributed by atoms with Gasteiger partial charge in [-0.1, -0.05) is 48.0 Å². The molecule has 12 heteroatoms. The van der Waals surface area contributed by atoms with Crippen molar-refractivity contribution in [2.75, 3.05) is 22.4 Å². The lowest BCUT2D eigenvalue weighted by Gasteiger charge is -2.32. The van der Waals surface area contributed by atoms with Crippen molar-refractivity contribution in [3.63, 3.8) is 0 Å². The molecule has 0 radical (unpaired) electrons. The molecule has 212 valence electrons. The number of nitrogens with zero attached hydrogens (tertiary/aromatic N) is 1. The first-order chi connectivity index (χ1) is 18.8. The van der Waals surface area contributed by atoms with E-state index in [1.807, 2.05) is 36.4 Å². The van der Waals surface area contributed by atoms with Gasteiger partial charge in [0.2, 0.25) is 15.9 Å². The fourth-order valence-electron chi connectivity index (χ4n) is 4.46. The second-order valence-electron chi connectivity index (χ2n) is 9.18. The number of carbonyl (C=O) groups is 3. The summed E-state index contributed by atoms with van der Waals surface area (Å²) in [6, 6.07) is 18.6. The average Bonchev–Trinajstić information content (AvgIpc) is 2.86. The van der Waals surface area contributed by atoms with Crippen LogP contribution in [0.25, 0.3) is 11.1 Å². The quantitative estimate of drug-likeness (QED) is 0.300. The van der Waals surface area contributed by atoms with E-state index in [9.17, 15) is 31.2 Å². The highest BCUT2D eigenvalue weighted by atomic mass is 35.5. The number of Topliss-reactive ketones (excluding diaryl/α,β-unsaturated/α-hetero) is 1. The van der Waals surface area contributed by atoms with Gasteiger partial charge in [-0.2, -0.15) is 0 Å². The zero-order valence-electron chi connectivity index (χ0n) is 21.4. The third-order valence-electron chi connectivity index (χ3n) is 6.14. The van der Waals surface area contributed by atoms with Crippen molar-refractivity contribution in [2.45, 2.75) is 25.7 Å². The van der Waals surface area contributed by atoms with Crippen LogP contribution in [0.4, 0.5) is 29.3 Å². The van der Waals surface area contributed by atoms with E-state index < -0.39 is 28.0 Å². The molecule has 0 spiro atoms. The van der Waals surface area contributed by atoms with Crippen LogP contribution in [-0.2, 0) is 26.0 Å². The first-order valence-electron chi connectivity index (χ1n) is 12.1. The third kappa shape index (κ3) is 8.92. The van der Waals surface area contributed by atoms with Crippen LogP contribution in [0.5, 0.6) is 0 Å². The average molecular weight is 595 g/mol. The molecule has 0 bridgehead atoms. The first kappa shape index (κ1) is 30.8. The summed E-state index contributed by atoms with van der Waals surface area (Å²) >= 11 is 5.78. The lowest BCUT2D eigenvalue weighted by atomic mass is 9.90. The number of benzene rings is 3. The normalized spacial score (nSPS) is 15.2. The molecule has 4 rings (SSSR count). The van der Waals surface area contributed by atoms with Crippen LogP contribution in [0.2, 0.25) is 5.02 Å². The number of nitrogens with one attached hydrogen (secondary N) is 1. The van der Waals surface area contributed by atoms with E-state index in [2.05, 4.69) is 4.72 Å². The fourth-order valence-corrected chi connectivity index (χ4v) is 5.20. The molecule has 0 aromatic heterocycles. The van der Waals surface area contributed by atoms with Gasteiger partial charge in [0.1, 0.15) is 11.6 Å². The molecule has 1 aliphatic rings. The summed E-state index contributed by atoms with van der Waals surface area (Å²) in [5, 5.41) is 0.267. The number of rotatable bonds is 8. The zero-order valence-corrected chi connectivity index (χ0v) is 22.9. The Hall–Kier alpha value is -3.70. The lowest BCUT2D eigenvalue weighted by Crippen LogP contribution is -2.42. The van der Waals surface area contributed by atoms with Crippen molar-refractivity contribution in [2.24, 2.45) is 5.92 Å². The smallest absolute Gasteiger partial charge is 0.312 e. The predicted molar refractivity (Wildman–Crippen MR) is 148 cm³/mol. The van der Waals surface area contributed by atoms with Crippen molar-refractivity contribution in [1.29, 1.82) is 0 Å². The SMILES string of the molecule is CS(=O)(=O)Nc1ccccc1-c1ccc(N2CCC[C@@H](CC(=O)Cc3ccc(Cl)cc3F)C2=O)cc1.O=C(F)F. The molecule has 1 atom stereocenters. The molecule has 1 fully saturated rings. The Labute approximate surface area is 235 Å². The standard InChI is InChI=1S/C27H26ClFN2O4S.CF2O/c1-36(34,35)30-26-7-3-2-6-24(26)18-9-12-22(13-10-18)31-14-4-5-20(27(31)33)16-23(32)15-19-8-11-21(28)17-25(19)29;2-1(3)4/h2-3,6-13,17,20,30H,4-5,14-16H2,1H3;/t20-;/m0./s1. The maximum absolute atomic E-state index is 14.1. The lowest BCUT2D eigenvalue weighted by molar-refractivity contribution is -0.128. The largest absolute Gasteiger partial charge is 0.483 e. The number of piperidine rings is 1. The minimum atomic E-state index is -3.44. The Morgan fingerprint density at radius 1 is 1.05 bits per heavy atom. The molecule has 3 aromatic carbocycles. The number of hydrogen-bond donors (Lipinski definition) is 1. The van der Waals surface area contributed by atoms with Crippen LogP contribution in [0.1, 0.15) is 24.8 Å². The van der Waals surface area contributed by atoms with Crippen LogP contribution >= 0.6 is 11.6 Å². The van der Waals surface area contributed by atoms with Crippen molar-refractivity contribution in [1.82, 2.24) is 0 Å². The Kier molecular flexibility index (Phi) is 10.5. The minimum absolute atomic E-state index is 0.0556. The molecule has 40 heavy (non-hydrogen) atoms. The molecule has 3 aromatic rings. The topological polar surface area (TPSA) is 101 Å². The van der Waals surface area contributed by atoms with E-state index in [4.69, 9.17) is 16.4 Å². The van der Waals surface area contributed by atoms with E-state index in [-0.39, 0.29) is 35.1 Å². The van der Waals surface area contributed by atoms with Gasteiger partial charge in [0.25, 0.3) is 0 Å². The highest BCUT2D eigenvalue weighted by Gasteiger charge is 2.31. The van der Waals surface area contributed by atoms with Gasteiger partial charge in [-0.05, 0) is 54.3 Å². The zero-order chi connectivity index (χ0) is 29.4. The molecule has 0 saturated carbocycles. The van der Waals surface area contributed by atoms with Gasteiger partial charge < -0.3 is 4.90 Å². The Morgan fingerprint density at radius 3 is 2.33 bits per heavy atom. The molecule has 1 saturated heterocycles. The molecule has 1 aliphatic heterocycles. The number of hydrogen-bond acceptors (Lipinski definition) is 5.